The van der Waals surface area contributed by atoms with Gasteiger partial charge in [0.05, 0.1) is 11.2 Å². The third kappa shape index (κ3) is 1.55. The molecule has 68 valence electrons. The summed E-state index contributed by atoms with van der Waals surface area (Å²) in [4.78, 5) is 0. The van der Waals surface area contributed by atoms with Gasteiger partial charge in [0.2, 0.25) is 0 Å². The van der Waals surface area contributed by atoms with Crippen molar-refractivity contribution >= 4 is 11.6 Å². The van der Waals surface area contributed by atoms with E-state index in [1.54, 1.807) is 6.92 Å². The number of rotatable bonds is 1. The second-order valence-corrected chi connectivity index (χ2v) is 2.56. The van der Waals surface area contributed by atoms with Crippen LogP contribution in [0, 0.1) is 0 Å². The summed E-state index contributed by atoms with van der Waals surface area (Å²) in [6.07, 6.45) is -3.43. The van der Waals surface area contributed by atoms with Crippen molar-refractivity contribution < 1.29 is 13.2 Å². The van der Waals surface area contributed by atoms with Crippen LogP contribution in [0.3, 0.4) is 0 Å². The molecule has 0 amide bonds. The first-order valence-corrected chi connectivity index (χ1v) is 3.63. The number of hydrogen-bond donors (Lipinski definition) is 0. The van der Waals surface area contributed by atoms with E-state index >= 15 is 0 Å². The SMILES string of the molecule is CCn1ncc(Cl)c1C(F)(F)F. The molecule has 0 atom stereocenters. The number of aryl methyl sites for hydroxylation is 1. The second-order valence-electron chi connectivity index (χ2n) is 2.15. The van der Waals surface area contributed by atoms with E-state index in [-0.39, 0.29) is 11.6 Å². The van der Waals surface area contributed by atoms with Crippen molar-refractivity contribution in [1.82, 2.24) is 9.78 Å². The van der Waals surface area contributed by atoms with Crippen LogP contribution in [0.1, 0.15) is 12.6 Å². The van der Waals surface area contributed by atoms with Gasteiger partial charge in [-0.2, -0.15) is 18.3 Å². The van der Waals surface area contributed by atoms with Crippen LogP contribution >= 0.6 is 11.6 Å². The minimum absolute atomic E-state index is 0.154. The standard InChI is InChI=1S/C6H6ClF3N2/c1-2-12-5(6(8,9)10)4(7)3-11-12/h3H,2H2,1H3. The lowest BCUT2D eigenvalue weighted by Gasteiger charge is -2.08. The van der Waals surface area contributed by atoms with E-state index in [0.29, 0.717) is 0 Å². The van der Waals surface area contributed by atoms with Crippen molar-refractivity contribution in [3.05, 3.63) is 16.9 Å². The topological polar surface area (TPSA) is 17.8 Å². The minimum Gasteiger partial charge on any atom is -0.259 e. The average molecular weight is 199 g/mol. The van der Waals surface area contributed by atoms with E-state index in [1.807, 2.05) is 0 Å². The number of halogens is 4. The summed E-state index contributed by atoms with van der Waals surface area (Å²) in [7, 11) is 0. The first-order chi connectivity index (χ1) is 5.46. The Labute approximate surface area is 71.9 Å². The summed E-state index contributed by atoms with van der Waals surface area (Å²) in [6, 6.07) is 0. The Hall–Kier alpha value is -0.710. The molecule has 0 saturated heterocycles. The highest BCUT2D eigenvalue weighted by atomic mass is 35.5. The first kappa shape index (κ1) is 9.38. The Kier molecular flexibility index (Phi) is 2.32. The van der Waals surface area contributed by atoms with Gasteiger partial charge in [-0.05, 0) is 6.92 Å². The molecule has 0 spiro atoms. The summed E-state index contributed by atoms with van der Waals surface area (Å²) in [6.45, 7) is 1.72. The maximum Gasteiger partial charge on any atom is 0.434 e. The highest BCUT2D eigenvalue weighted by molar-refractivity contribution is 6.31. The third-order valence-electron chi connectivity index (χ3n) is 1.36. The van der Waals surface area contributed by atoms with Crippen LogP contribution in [0.5, 0.6) is 0 Å². The summed E-state index contributed by atoms with van der Waals surface area (Å²) in [5.74, 6) is 0. The van der Waals surface area contributed by atoms with E-state index in [0.717, 1.165) is 10.9 Å². The molecule has 1 rings (SSSR count). The van der Waals surface area contributed by atoms with Crippen molar-refractivity contribution in [1.29, 1.82) is 0 Å². The molecule has 1 aromatic rings. The fraction of sp³-hybridized carbons (Fsp3) is 0.500. The van der Waals surface area contributed by atoms with Gasteiger partial charge in [-0.1, -0.05) is 11.6 Å². The molecule has 2 nitrogen and oxygen atoms in total. The van der Waals surface area contributed by atoms with Gasteiger partial charge in [0.25, 0.3) is 0 Å². The molecule has 0 aliphatic rings. The maximum absolute atomic E-state index is 12.2. The van der Waals surface area contributed by atoms with Crippen molar-refractivity contribution in [2.45, 2.75) is 19.6 Å². The van der Waals surface area contributed by atoms with Crippen LogP contribution in [0.4, 0.5) is 13.2 Å². The number of nitrogens with zero attached hydrogens (tertiary/aromatic N) is 2. The van der Waals surface area contributed by atoms with Gasteiger partial charge in [-0.15, -0.1) is 0 Å². The fourth-order valence-electron chi connectivity index (χ4n) is 0.884. The Morgan fingerprint density at radius 3 is 2.50 bits per heavy atom. The molecule has 0 aliphatic carbocycles. The highest BCUT2D eigenvalue weighted by Crippen LogP contribution is 2.34. The van der Waals surface area contributed by atoms with Crippen LogP contribution in [0.15, 0.2) is 6.20 Å². The largest absolute Gasteiger partial charge is 0.434 e. The van der Waals surface area contributed by atoms with Gasteiger partial charge in [0.1, 0.15) is 0 Å². The highest BCUT2D eigenvalue weighted by Gasteiger charge is 2.37. The van der Waals surface area contributed by atoms with Crippen molar-refractivity contribution in [2.24, 2.45) is 0 Å². The molecule has 1 heterocycles. The molecule has 0 N–H and O–H groups in total. The lowest BCUT2D eigenvalue weighted by Crippen LogP contribution is -2.14. The Morgan fingerprint density at radius 2 is 2.17 bits per heavy atom. The molecule has 0 aliphatic heterocycles. The zero-order chi connectivity index (χ0) is 9.35. The van der Waals surface area contributed by atoms with Gasteiger partial charge in [-0.25, -0.2) is 0 Å². The van der Waals surface area contributed by atoms with Gasteiger partial charge < -0.3 is 0 Å². The molecule has 0 bridgehead atoms. The molecule has 0 saturated carbocycles. The predicted molar refractivity (Wildman–Crippen MR) is 37.9 cm³/mol. The quantitative estimate of drug-likeness (QED) is 0.678. The molecule has 0 fully saturated rings. The van der Waals surface area contributed by atoms with E-state index in [9.17, 15) is 13.2 Å². The average Bonchev–Trinajstić information content (AvgIpc) is 2.29. The molecular weight excluding hydrogens is 193 g/mol. The van der Waals surface area contributed by atoms with E-state index < -0.39 is 11.9 Å². The molecule has 0 radical (unpaired) electrons. The predicted octanol–water partition coefficient (Wildman–Crippen LogP) is 2.58. The summed E-state index contributed by atoms with van der Waals surface area (Å²) >= 11 is 5.31. The third-order valence-corrected chi connectivity index (χ3v) is 1.64. The Morgan fingerprint density at radius 1 is 1.58 bits per heavy atom. The second kappa shape index (κ2) is 2.97. The van der Waals surface area contributed by atoms with Crippen molar-refractivity contribution in [2.75, 3.05) is 0 Å². The van der Waals surface area contributed by atoms with Crippen LogP contribution in [-0.4, -0.2) is 9.78 Å². The van der Waals surface area contributed by atoms with Gasteiger partial charge >= 0.3 is 6.18 Å². The van der Waals surface area contributed by atoms with Gasteiger partial charge in [-0.3, -0.25) is 4.68 Å². The van der Waals surface area contributed by atoms with Gasteiger partial charge in [0.15, 0.2) is 5.69 Å². The van der Waals surface area contributed by atoms with E-state index in [4.69, 9.17) is 11.6 Å². The number of aromatic nitrogens is 2. The number of alkyl halides is 3. The van der Waals surface area contributed by atoms with Crippen LogP contribution < -0.4 is 0 Å². The fourth-order valence-corrected chi connectivity index (χ4v) is 1.13. The van der Waals surface area contributed by atoms with Crippen molar-refractivity contribution in [3.8, 4) is 0 Å². The van der Waals surface area contributed by atoms with E-state index in [2.05, 4.69) is 5.10 Å². The molecule has 1 aromatic heterocycles. The first-order valence-electron chi connectivity index (χ1n) is 3.25. The van der Waals surface area contributed by atoms with Crippen LogP contribution in [0.2, 0.25) is 5.02 Å². The van der Waals surface area contributed by atoms with Crippen LogP contribution in [0.25, 0.3) is 0 Å². The van der Waals surface area contributed by atoms with Crippen molar-refractivity contribution in [3.63, 3.8) is 0 Å². The van der Waals surface area contributed by atoms with E-state index in [1.165, 1.54) is 0 Å². The zero-order valence-corrected chi connectivity index (χ0v) is 6.95. The molecule has 0 aromatic carbocycles. The molecule has 12 heavy (non-hydrogen) atoms. The van der Waals surface area contributed by atoms with Crippen LogP contribution in [-0.2, 0) is 12.7 Å². The Balaban J connectivity index is 3.19. The minimum atomic E-state index is -4.43. The Bertz CT molecular complexity index is 279. The van der Waals surface area contributed by atoms with Gasteiger partial charge in [0, 0.05) is 6.54 Å². The smallest absolute Gasteiger partial charge is 0.259 e. The molecule has 6 heteroatoms. The molecular formula is C6H6ClF3N2. The lowest BCUT2D eigenvalue weighted by molar-refractivity contribution is -0.144. The number of hydrogen-bond acceptors (Lipinski definition) is 1. The summed E-state index contributed by atoms with van der Waals surface area (Å²) < 4.78 is 37.4. The summed E-state index contributed by atoms with van der Waals surface area (Å²) in [5, 5.41) is 3.11. The summed E-state index contributed by atoms with van der Waals surface area (Å²) in [5.41, 5.74) is -0.883. The lowest BCUT2D eigenvalue weighted by atomic mass is 10.4. The molecule has 0 unspecified atom stereocenters. The zero-order valence-electron chi connectivity index (χ0n) is 6.19. The normalized spacial score (nSPS) is 12.1. The monoisotopic (exact) mass is 198 g/mol. The maximum atomic E-state index is 12.2.